The van der Waals surface area contributed by atoms with E-state index in [0.717, 1.165) is 22.5 Å². The van der Waals surface area contributed by atoms with Crippen LogP contribution in [0.2, 0.25) is 0 Å². The molecule has 0 unspecified atom stereocenters. The first-order valence-electron chi connectivity index (χ1n) is 7.21. The molecule has 2 aromatic rings. The van der Waals surface area contributed by atoms with Crippen molar-refractivity contribution in [3.63, 3.8) is 0 Å². The number of benzene rings is 1. The molecule has 1 heterocycles. The zero-order valence-corrected chi connectivity index (χ0v) is 12.6. The third-order valence-corrected chi connectivity index (χ3v) is 3.97. The number of rotatable bonds is 2. The van der Waals surface area contributed by atoms with Gasteiger partial charge < -0.3 is 4.57 Å². The van der Waals surface area contributed by atoms with E-state index in [1.807, 2.05) is 44.7 Å². The second kappa shape index (κ2) is 4.44. The Balaban J connectivity index is 2.07. The predicted octanol–water partition coefficient (Wildman–Crippen LogP) is 4.49. The van der Waals surface area contributed by atoms with Crippen LogP contribution in [0.5, 0.6) is 0 Å². The highest BCUT2D eigenvalue weighted by Gasteiger charge is 2.26. The third kappa shape index (κ3) is 2.37. The molecule has 20 heavy (non-hydrogen) atoms. The van der Waals surface area contributed by atoms with Gasteiger partial charge in [0, 0.05) is 17.8 Å². The molecule has 0 atom stereocenters. The van der Waals surface area contributed by atoms with E-state index in [1.165, 1.54) is 12.8 Å². The third-order valence-electron chi connectivity index (χ3n) is 3.97. The Hall–Kier alpha value is -1.64. The molecule has 1 saturated carbocycles. The summed E-state index contributed by atoms with van der Waals surface area (Å²) in [7, 11) is 0. The molecular formula is C17H21FN2. The summed E-state index contributed by atoms with van der Waals surface area (Å²) in [4.78, 5) is 4.48. The smallest absolute Gasteiger partial charge is 0.127 e. The molecule has 1 aromatic heterocycles. The van der Waals surface area contributed by atoms with Crippen LogP contribution in [0.15, 0.2) is 24.7 Å². The predicted molar refractivity (Wildman–Crippen MR) is 78.9 cm³/mol. The molecule has 3 heteroatoms. The van der Waals surface area contributed by atoms with Gasteiger partial charge in [0.1, 0.15) is 5.82 Å². The van der Waals surface area contributed by atoms with Gasteiger partial charge >= 0.3 is 0 Å². The van der Waals surface area contributed by atoms with Crippen molar-refractivity contribution in [3.05, 3.63) is 47.3 Å². The van der Waals surface area contributed by atoms with Crippen LogP contribution in [-0.4, -0.2) is 9.55 Å². The van der Waals surface area contributed by atoms with Crippen molar-refractivity contribution in [1.29, 1.82) is 0 Å². The van der Waals surface area contributed by atoms with E-state index in [-0.39, 0.29) is 11.2 Å². The van der Waals surface area contributed by atoms with Crippen LogP contribution in [0.1, 0.15) is 56.4 Å². The topological polar surface area (TPSA) is 17.8 Å². The molecule has 2 nitrogen and oxygen atoms in total. The van der Waals surface area contributed by atoms with Crippen molar-refractivity contribution in [2.75, 3.05) is 0 Å². The highest BCUT2D eigenvalue weighted by Crippen LogP contribution is 2.39. The highest BCUT2D eigenvalue weighted by molar-refractivity contribution is 5.46. The molecule has 0 saturated heterocycles. The summed E-state index contributed by atoms with van der Waals surface area (Å²) in [6.45, 7) is 8.05. The fraction of sp³-hybridized carbons (Fsp3) is 0.471. The van der Waals surface area contributed by atoms with Crippen LogP contribution in [-0.2, 0) is 5.41 Å². The van der Waals surface area contributed by atoms with Crippen molar-refractivity contribution in [2.45, 2.75) is 51.9 Å². The van der Waals surface area contributed by atoms with Gasteiger partial charge in [0.15, 0.2) is 0 Å². The van der Waals surface area contributed by atoms with Crippen molar-refractivity contribution in [1.82, 2.24) is 9.55 Å². The molecule has 1 aliphatic carbocycles. The van der Waals surface area contributed by atoms with Gasteiger partial charge in [-0.3, -0.25) is 0 Å². The summed E-state index contributed by atoms with van der Waals surface area (Å²) in [5.74, 6) is 0.514. The standard InChI is InChI=1S/C17H21FN2/c1-11-7-14(18)13(17(2,3)4)8-16(11)20-9-15(19-10-20)12-5-6-12/h7-10,12H,5-6H2,1-4H3. The molecule has 0 bridgehead atoms. The Kier molecular flexibility index (Phi) is 2.96. The van der Waals surface area contributed by atoms with Gasteiger partial charge in [0.05, 0.1) is 12.0 Å². The summed E-state index contributed by atoms with van der Waals surface area (Å²) in [6, 6.07) is 3.59. The normalized spacial score (nSPS) is 15.7. The summed E-state index contributed by atoms with van der Waals surface area (Å²) in [5, 5.41) is 0. The monoisotopic (exact) mass is 272 g/mol. The first-order chi connectivity index (χ1) is 9.36. The average molecular weight is 272 g/mol. The van der Waals surface area contributed by atoms with Crippen molar-refractivity contribution in [2.24, 2.45) is 0 Å². The van der Waals surface area contributed by atoms with E-state index in [1.54, 1.807) is 6.07 Å². The highest BCUT2D eigenvalue weighted by atomic mass is 19.1. The molecular weight excluding hydrogens is 251 g/mol. The number of hydrogen-bond acceptors (Lipinski definition) is 1. The van der Waals surface area contributed by atoms with Gasteiger partial charge in [-0.15, -0.1) is 0 Å². The van der Waals surface area contributed by atoms with Gasteiger partial charge in [-0.2, -0.15) is 0 Å². The SMILES string of the molecule is Cc1cc(F)c(C(C)(C)C)cc1-n1cnc(C2CC2)c1. The van der Waals surface area contributed by atoms with Gasteiger partial charge in [0.2, 0.25) is 0 Å². The minimum atomic E-state index is -0.202. The van der Waals surface area contributed by atoms with E-state index in [0.29, 0.717) is 5.92 Å². The molecule has 0 N–H and O–H groups in total. The maximum Gasteiger partial charge on any atom is 0.127 e. The van der Waals surface area contributed by atoms with Gasteiger partial charge in [0.25, 0.3) is 0 Å². The summed E-state index contributed by atoms with van der Waals surface area (Å²) in [6.07, 6.45) is 6.42. The number of nitrogens with zero attached hydrogens (tertiary/aromatic N) is 2. The van der Waals surface area contributed by atoms with Gasteiger partial charge in [-0.05, 0) is 48.4 Å². The fourth-order valence-corrected chi connectivity index (χ4v) is 2.57. The second-order valence-corrected chi connectivity index (χ2v) is 6.85. The number of hydrogen-bond donors (Lipinski definition) is 0. The lowest BCUT2D eigenvalue weighted by Crippen LogP contribution is -2.15. The van der Waals surface area contributed by atoms with E-state index in [2.05, 4.69) is 11.2 Å². The largest absolute Gasteiger partial charge is 0.306 e. The van der Waals surface area contributed by atoms with Crippen molar-refractivity contribution >= 4 is 0 Å². The van der Waals surface area contributed by atoms with Gasteiger partial charge in [-0.25, -0.2) is 9.37 Å². The van der Waals surface area contributed by atoms with E-state index in [9.17, 15) is 4.39 Å². The van der Waals surface area contributed by atoms with Crippen LogP contribution in [0.3, 0.4) is 0 Å². The lowest BCUT2D eigenvalue weighted by atomic mass is 9.85. The summed E-state index contributed by atoms with van der Waals surface area (Å²) >= 11 is 0. The average Bonchev–Trinajstić information content (AvgIpc) is 3.07. The quantitative estimate of drug-likeness (QED) is 0.787. The second-order valence-electron chi connectivity index (χ2n) is 6.85. The van der Waals surface area contributed by atoms with Crippen molar-refractivity contribution < 1.29 is 4.39 Å². The molecule has 1 fully saturated rings. The maximum absolute atomic E-state index is 14.2. The summed E-state index contributed by atoms with van der Waals surface area (Å²) in [5.41, 5.74) is 3.67. The Labute approximate surface area is 119 Å². The molecule has 3 rings (SSSR count). The first kappa shape index (κ1) is 13.3. The molecule has 0 amide bonds. The molecule has 0 aliphatic heterocycles. The Morgan fingerprint density at radius 2 is 1.95 bits per heavy atom. The number of aromatic nitrogens is 2. The summed E-state index contributed by atoms with van der Waals surface area (Å²) < 4.78 is 16.2. The van der Waals surface area contributed by atoms with Crippen molar-refractivity contribution in [3.8, 4) is 5.69 Å². The number of halogens is 1. The molecule has 1 aliphatic rings. The Morgan fingerprint density at radius 3 is 2.55 bits per heavy atom. The zero-order valence-electron chi connectivity index (χ0n) is 12.6. The minimum Gasteiger partial charge on any atom is -0.306 e. The van der Waals surface area contributed by atoms with Crippen LogP contribution >= 0.6 is 0 Å². The van der Waals surface area contributed by atoms with Crippen LogP contribution in [0.25, 0.3) is 5.69 Å². The molecule has 1 aromatic carbocycles. The van der Waals surface area contributed by atoms with Crippen LogP contribution in [0.4, 0.5) is 4.39 Å². The number of imidazole rings is 1. The Bertz CT molecular complexity index is 645. The van der Waals surface area contributed by atoms with Crippen LogP contribution in [0, 0.1) is 12.7 Å². The molecule has 106 valence electrons. The Morgan fingerprint density at radius 1 is 1.25 bits per heavy atom. The minimum absolute atomic E-state index is 0.124. The zero-order chi connectivity index (χ0) is 14.5. The van der Waals surface area contributed by atoms with Gasteiger partial charge in [-0.1, -0.05) is 20.8 Å². The lowest BCUT2D eigenvalue weighted by molar-refractivity contribution is 0.521. The van der Waals surface area contributed by atoms with E-state index < -0.39 is 0 Å². The molecule has 0 spiro atoms. The molecule has 0 radical (unpaired) electrons. The maximum atomic E-state index is 14.2. The van der Waals surface area contributed by atoms with E-state index in [4.69, 9.17) is 0 Å². The van der Waals surface area contributed by atoms with Crippen LogP contribution < -0.4 is 0 Å². The number of aryl methyl sites for hydroxylation is 1. The first-order valence-corrected chi connectivity index (χ1v) is 7.21. The fourth-order valence-electron chi connectivity index (χ4n) is 2.57. The lowest BCUT2D eigenvalue weighted by Gasteiger charge is -2.22. The van der Waals surface area contributed by atoms with E-state index >= 15 is 0 Å².